The second-order valence-corrected chi connectivity index (χ2v) is 12.5. The van der Waals surface area contributed by atoms with E-state index in [0.29, 0.717) is 53.0 Å². The van der Waals surface area contributed by atoms with Gasteiger partial charge in [-0.05, 0) is 57.4 Å². The van der Waals surface area contributed by atoms with Gasteiger partial charge in [0.25, 0.3) is 0 Å². The molecule has 9 nitrogen and oxygen atoms in total. The Bertz CT molecular complexity index is 1570. The van der Waals surface area contributed by atoms with Crippen molar-refractivity contribution in [2.75, 3.05) is 38.2 Å². The Kier molecular flexibility index (Phi) is 10.1. The number of fused-ring (bicyclic) bond motifs is 1. The van der Waals surface area contributed by atoms with Crippen LogP contribution in [0.2, 0.25) is 10.0 Å². The van der Waals surface area contributed by atoms with Gasteiger partial charge in [0.05, 0.1) is 29.8 Å². The minimum atomic E-state index is -0.846. The summed E-state index contributed by atoms with van der Waals surface area (Å²) in [7, 11) is 1.47. The fourth-order valence-corrected chi connectivity index (χ4v) is 5.99. The highest BCUT2D eigenvalue weighted by atomic mass is 35.5. The van der Waals surface area contributed by atoms with Gasteiger partial charge in [-0.2, -0.15) is 0 Å². The number of nitrogens with zero attached hydrogens (tertiary/aromatic N) is 3. The van der Waals surface area contributed by atoms with Gasteiger partial charge < -0.3 is 29.4 Å². The Morgan fingerprint density at radius 1 is 1.21 bits per heavy atom. The van der Waals surface area contributed by atoms with Crippen molar-refractivity contribution >= 4 is 58.3 Å². The van der Waals surface area contributed by atoms with E-state index in [2.05, 4.69) is 10.2 Å². The molecule has 5 rings (SSSR count). The lowest BCUT2D eigenvalue weighted by atomic mass is 10.0. The quantitative estimate of drug-likeness (QED) is 0.317. The summed E-state index contributed by atoms with van der Waals surface area (Å²) in [6.45, 7) is 7.81. The monoisotopic (exact) mass is 656 g/mol. The van der Waals surface area contributed by atoms with E-state index in [-0.39, 0.29) is 47.9 Å². The SMILES string of the molecule is COc1c(N2CCN(CC(C)(C)O)C(C)C2)c(F)cc2c(=O)c(OC(=O)NCc3ccc(Cl)cc3Cl)cn(C3CC3)c12.Cl. The van der Waals surface area contributed by atoms with E-state index in [4.69, 9.17) is 32.7 Å². The number of nitrogens with one attached hydrogen (secondary N) is 1. The number of ether oxygens (including phenoxy) is 2. The van der Waals surface area contributed by atoms with Crippen molar-refractivity contribution in [1.29, 1.82) is 0 Å². The van der Waals surface area contributed by atoms with E-state index in [0.717, 1.165) is 12.8 Å². The van der Waals surface area contributed by atoms with Crippen LogP contribution >= 0.6 is 35.6 Å². The molecule has 0 bridgehead atoms. The maximum absolute atomic E-state index is 15.9. The molecule has 1 aromatic heterocycles. The Morgan fingerprint density at radius 3 is 2.53 bits per heavy atom. The third-order valence-electron chi connectivity index (χ3n) is 7.62. The summed E-state index contributed by atoms with van der Waals surface area (Å²) in [5, 5.41) is 13.8. The predicted molar refractivity (Wildman–Crippen MR) is 169 cm³/mol. The van der Waals surface area contributed by atoms with E-state index < -0.39 is 22.9 Å². The zero-order chi connectivity index (χ0) is 30.3. The van der Waals surface area contributed by atoms with E-state index in [9.17, 15) is 14.7 Å². The fraction of sp³-hybridized carbons (Fsp3) is 0.467. The molecule has 2 N–H and O–H groups in total. The molecule has 1 aliphatic carbocycles. The van der Waals surface area contributed by atoms with Crippen LogP contribution < -0.4 is 25.1 Å². The number of amides is 1. The smallest absolute Gasteiger partial charge is 0.413 e. The van der Waals surface area contributed by atoms with Crippen LogP contribution in [0.15, 0.2) is 35.3 Å². The maximum Gasteiger partial charge on any atom is 0.413 e. The van der Waals surface area contributed by atoms with Gasteiger partial charge in [-0.15, -0.1) is 12.4 Å². The van der Waals surface area contributed by atoms with Crippen LogP contribution in [0.4, 0.5) is 14.9 Å². The van der Waals surface area contributed by atoms with Gasteiger partial charge in [0.15, 0.2) is 17.3 Å². The molecule has 43 heavy (non-hydrogen) atoms. The van der Waals surface area contributed by atoms with Gasteiger partial charge in [0.1, 0.15) is 5.69 Å². The Labute approximate surface area is 265 Å². The lowest BCUT2D eigenvalue weighted by Gasteiger charge is -2.43. The van der Waals surface area contributed by atoms with Gasteiger partial charge >= 0.3 is 6.09 Å². The molecule has 0 spiro atoms. The summed E-state index contributed by atoms with van der Waals surface area (Å²) in [4.78, 5) is 30.3. The van der Waals surface area contributed by atoms with Crippen molar-refractivity contribution in [3.63, 3.8) is 0 Å². The normalized spacial score (nSPS) is 17.5. The predicted octanol–water partition coefficient (Wildman–Crippen LogP) is 5.78. The number of halogens is 4. The average molecular weight is 658 g/mol. The molecule has 2 fully saturated rings. The maximum atomic E-state index is 15.9. The third-order valence-corrected chi connectivity index (χ3v) is 8.21. The van der Waals surface area contributed by atoms with Crippen molar-refractivity contribution in [2.45, 2.75) is 57.8 Å². The van der Waals surface area contributed by atoms with Crippen molar-refractivity contribution in [2.24, 2.45) is 0 Å². The number of carbonyl (C=O) groups excluding carboxylic acids is 1. The first-order valence-corrected chi connectivity index (χ1v) is 14.7. The highest BCUT2D eigenvalue weighted by Crippen LogP contribution is 2.44. The summed E-state index contributed by atoms with van der Waals surface area (Å²) in [5.41, 5.74) is -0.0777. The van der Waals surface area contributed by atoms with Gasteiger partial charge in [0.2, 0.25) is 5.43 Å². The van der Waals surface area contributed by atoms with Crippen molar-refractivity contribution in [1.82, 2.24) is 14.8 Å². The number of benzene rings is 2. The molecule has 1 unspecified atom stereocenters. The van der Waals surface area contributed by atoms with Crippen LogP contribution in [0.5, 0.6) is 11.5 Å². The van der Waals surface area contributed by atoms with Gasteiger partial charge in [0, 0.05) is 54.9 Å². The van der Waals surface area contributed by atoms with Crippen molar-refractivity contribution in [3.05, 3.63) is 62.1 Å². The van der Waals surface area contributed by atoms with E-state index >= 15 is 4.39 Å². The zero-order valence-corrected chi connectivity index (χ0v) is 26.8. The standard InChI is InChI=1S/C30H35Cl2FN4O5.ClH/c1-17-14-35(9-10-36(17)16-30(2,3)40)26-23(33)12-21-25(28(26)41-4)37(20-7-8-20)15-24(27(21)38)42-29(39)34-13-18-5-6-19(31)11-22(18)32;/h5-6,11-12,15,17,20,40H,7-10,13-14,16H2,1-4H3,(H,34,39);1H. The largest absolute Gasteiger partial charge is 0.492 e. The highest BCUT2D eigenvalue weighted by molar-refractivity contribution is 6.35. The average Bonchev–Trinajstić information content (AvgIpc) is 3.75. The molecule has 1 amide bonds. The summed E-state index contributed by atoms with van der Waals surface area (Å²) < 4.78 is 29.0. The lowest BCUT2D eigenvalue weighted by molar-refractivity contribution is 0.0200. The van der Waals surface area contributed by atoms with Gasteiger partial charge in [-0.25, -0.2) is 9.18 Å². The van der Waals surface area contributed by atoms with Crippen molar-refractivity contribution in [3.8, 4) is 11.5 Å². The molecular formula is C30H36Cl3FN4O5. The molecule has 1 atom stereocenters. The lowest BCUT2D eigenvalue weighted by Crippen LogP contribution is -2.55. The number of methoxy groups -OCH3 is 1. The molecule has 2 heterocycles. The first kappa shape index (κ1) is 33.1. The highest BCUT2D eigenvalue weighted by Gasteiger charge is 2.34. The van der Waals surface area contributed by atoms with Crippen LogP contribution in [0.1, 0.15) is 45.2 Å². The molecule has 1 saturated heterocycles. The summed E-state index contributed by atoms with van der Waals surface area (Å²) >= 11 is 12.1. The van der Waals surface area contributed by atoms with E-state index in [1.54, 1.807) is 32.0 Å². The van der Waals surface area contributed by atoms with Crippen LogP contribution in [0.3, 0.4) is 0 Å². The molecule has 13 heteroatoms. The topological polar surface area (TPSA) is 96.3 Å². The molecule has 0 radical (unpaired) electrons. The Balaban J connectivity index is 0.00000423. The summed E-state index contributed by atoms with van der Waals surface area (Å²) in [5.74, 6) is -0.538. The number of anilines is 1. The fourth-order valence-electron chi connectivity index (χ4n) is 5.52. The first-order valence-electron chi connectivity index (χ1n) is 13.9. The number of hydrogen-bond donors (Lipinski definition) is 2. The number of aliphatic hydroxyl groups is 1. The minimum absolute atomic E-state index is 0. The number of aromatic nitrogens is 1. The van der Waals surface area contributed by atoms with E-state index in [1.807, 2.05) is 16.4 Å². The number of pyridine rings is 1. The van der Waals surface area contributed by atoms with Crippen LogP contribution in [0.25, 0.3) is 10.9 Å². The minimum Gasteiger partial charge on any atom is -0.492 e. The molecule has 1 aliphatic heterocycles. The Hall–Kier alpha value is -2.76. The molecule has 2 aromatic carbocycles. The van der Waals surface area contributed by atoms with Crippen LogP contribution in [-0.4, -0.2) is 65.6 Å². The summed E-state index contributed by atoms with van der Waals surface area (Å²) in [6, 6.07) is 6.21. The molecule has 1 saturated carbocycles. The second kappa shape index (κ2) is 13.1. The number of hydrogen-bond acceptors (Lipinski definition) is 7. The van der Waals surface area contributed by atoms with Gasteiger partial charge in [-0.3, -0.25) is 9.69 Å². The number of piperazine rings is 1. The van der Waals surface area contributed by atoms with E-state index in [1.165, 1.54) is 19.4 Å². The molecular weight excluding hydrogens is 622 g/mol. The van der Waals surface area contributed by atoms with Crippen LogP contribution in [-0.2, 0) is 6.54 Å². The molecule has 3 aromatic rings. The number of carbonyl (C=O) groups is 1. The first-order chi connectivity index (χ1) is 19.9. The second-order valence-electron chi connectivity index (χ2n) is 11.7. The Morgan fingerprint density at radius 2 is 1.93 bits per heavy atom. The number of β-amino-alcohol motifs (C(OH)–C–C–N with tert-alkyl or cyclic N) is 1. The van der Waals surface area contributed by atoms with Gasteiger partial charge in [-0.1, -0.05) is 29.3 Å². The van der Waals surface area contributed by atoms with Crippen molar-refractivity contribution < 1.29 is 23.8 Å². The zero-order valence-electron chi connectivity index (χ0n) is 24.5. The summed E-state index contributed by atoms with van der Waals surface area (Å²) in [6.07, 6.45) is 2.38. The molecule has 2 aliphatic rings. The van der Waals surface area contributed by atoms with Crippen LogP contribution in [0, 0.1) is 5.82 Å². The number of rotatable bonds is 8. The third kappa shape index (κ3) is 7.32. The molecule has 234 valence electrons.